The van der Waals surface area contributed by atoms with Crippen LogP contribution in [0.15, 0.2) is 6.20 Å². The van der Waals surface area contributed by atoms with Crippen LogP contribution in [-0.4, -0.2) is 83.6 Å². The summed E-state index contributed by atoms with van der Waals surface area (Å²) in [5.74, 6) is 0. The average molecular weight is 401 g/mol. The summed E-state index contributed by atoms with van der Waals surface area (Å²) >= 11 is 0. The standard InChI is InChI=1S/C19H36N4O5/c1-2-3-4-5-6-7-11-23-12-13(21-22-23)9-8-10-20-14-15(24)17(26)19(28)18(27)16(14)25/h12,14-20,24-28H,2-11H2,1H3/t14?,15-,16+,17+,18-,19?. The third kappa shape index (κ3) is 6.47. The lowest BCUT2D eigenvalue weighted by Crippen LogP contribution is -2.67. The SMILES string of the molecule is CCCCCCCCn1cc(CCCNC2[C@@H](O)[C@H](O)C(O)[C@H](O)[C@H]2O)nn1. The van der Waals surface area contributed by atoms with Gasteiger partial charge in [-0.25, -0.2) is 0 Å². The Kier molecular flexibility index (Phi) is 9.76. The molecule has 9 nitrogen and oxygen atoms in total. The third-order valence-electron chi connectivity index (χ3n) is 5.45. The molecule has 6 atom stereocenters. The number of aliphatic hydroxyl groups excluding tert-OH is 5. The van der Waals surface area contributed by atoms with Crippen LogP contribution in [0.5, 0.6) is 0 Å². The molecular weight excluding hydrogens is 364 g/mol. The van der Waals surface area contributed by atoms with Crippen molar-refractivity contribution in [2.45, 2.75) is 101 Å². The van der Waals surface area contributed by atoms with E-state index >= 15 is 0 Å². The Morgan fingerprint density at radius 2 is 1.46 bits per heavy atom. The Morgan fingerprint density at radius 3 is 2.14 bits per heavy atom. The van der Waals surface area contributed by atoms with E-state index in [0.717, 1.165) is 18.7 Å². The van der Waals surface area contributed by atoms with Gasteiger partial charge in [-0.2, -0.15) is 0 Å². The monoisotopic (exact) mass is 400 g/mol. The lowest BCUT2D eigenvalue weighted by Gasteiger charge is -2.42. The van der Waals surface area contributed by atoms with Crippen LogP contribution in [0.1, 0.15) is 57.6 Å². The minimum Gasteiger partial charge on any atom is -0.389 e. The summed E-state index contributed by atoms with van der Waals surface area (Å²) in [6, 6.07) is -0.906. The van der Waals surface area contributed by atoms with Gasteiger partial charge < -0.3 is 30.8 Å². The summed E-state index contributed by atoms with van der Waals surface area (Å²) in [5, 5.41) is 60.3. The second-order valence-corrected chi connectivity index (χ2v) is 7.78. The van der Waals surface area contributed by atoms with E-state index in [-0.39, 0.29) is 0 Å². The Bertz CT molecular complexity index is 542. The number of nitrogens with one attached hydrogen (secondary N) is 1. The van der Waals surface area contributed by atoms with E-state index in [2.05, 4.69) is 22.6 Å². The molecule has 9 heteroatoms. The lowest BCUT2D eigenvalue weighted by atomic mass is 9.83. The van der Waals surface area contributed by atoms with Gasteiger partial charge in [0.2, 0.25) is 0 Å². The third-order valence-corrected chi connectivity index (χ3v) is 5.45. The van der Waals surface area contributed by atoms with Crippen LogP contribution >= 0.6 is 0 Å². The van der Waals surface area contributed by atoms with Crippen molar-refractivity contribution in [3.05, 3.63) is 11.9 Å². The van der Waals surface area contributed by atoms with Crippen LogP contribution in [0.3, 0.4) is 0 Å². The molecule has 162 valence electrons. The topological polar surface area (TPSA) is 144 Å². The summed E-state index contributed by atoms with van der Waals surface area (Å²) in [6.45, 7) is 3.54. The van der Waals surface area contributed by atoms with Crippen LogP contribution in [0, 0.1) is 0 Å². The van der Waals surface area contributed by atoms with Crippen molar-refractivity contribution in [1.29, 1.82) is 0 Å². The van der Waals surface area contributed by atoms with Crippen molar-refractivity contribution in [1.82, 2.24) is 20.3 Å². The Balaban J connectivity index is 1.65. The fourth-order valence-electron chi connectivity index (χ4n) is 3.63. The Labute approximate surface area is 166 Å². The van der Waals surface area contributed by atoms with Crippen molar-refractivity contribution < 1.29 is 25.5 Å². The van der Waals surface area contributed by atoms with Crippen LogP contribution < -0.4 is 5.32 Å². The zero-order valence-corrected chi connectivity index (χ0v) is 16.7. The number of nitrogens with zero attached hydrogens (tertiary/aromatic N) is 3. The molecule has 1 saturated carbocycles. The van der Waals surface area contributed by atoms with Gasteiger partial charge in [-0.15, -0.1) is 5.10 Å². The molecule has 0 aromatic carbocycles. The molecule has 1 heterocycles. The van der Waals surface area contributed by atoms with Gasteiger partial charge in [0.15, 0.2) is 0 Å². The minimum atomic E-state index is -1.57. The van der Waals surface area contributed by atoms with E-state index in [0.29, 0.717) is 19.4 Å². The highest BCUT2D eigenvalue weighted by molar-refractivity contribution is 5.02. The van der Waals surface area contributed by atoms with Gasteiger partial charge in [-0.05, 0) is 25.8 Å². The van der Waals surface area contributed by atoms with Crippen LogP contribution in [0.2, 0.25) is 0 Å². The van der Waals surface area contributed by atoms with E-state index < -0.39 is 36.6 Å². The molecule has 1 aliphatic carbocycles. The minimum absolute atomic E-state index is 0.457. The number of aliphatic hydroxyl groups is 5. The fourth-order valence-corrected chi connectivity index (χ4v) is 3.63. The van der Waals surface area contributed by atoms with Gasteiger partial charge in [0.05, 0.1) is 11.7 Å². The summed E-state index contributed by atoms with van der Waals surface area (Å²) in [5.41, 5.74) is 0.882. The zero-order chi connectivity index (χ0) is 20.5. The molecule has 2 rings (SSSR count). The van der Waals surface area contributed by atoms with Gasteiger partial charge in [0, 0.05) is 12.7 Å². The normalized spacial score (nSPS) is 30.6. The van der Waals surface area contributed by atoms with Crippen LogP contribution in [0.4, 0.5) is 0 Å². The summed E-state index contributed by atoms with van der Waals surface area (Å²) in [4.78, 5) is 0. The zero-order valence-electron chi connectivity index (χ0n) is 16.7. The molecule has 2 unspecified atom stereocenters. The van der Waals surface area contributed by atoms with E-state index in [4.69, 9.17) is 0 Å². The fraction of sp³-hybridized carbons (Fsp3) is 0.895. The van der Waals surface area contributed by atoms with Crippen molar-refractivity contribution in [3.63, 3.8) is 0 Å². The predicted octanol–water partition coefficient (Wildman–Crippen LogP) is -0.652. The first-order valence-electron chi connectivity index (χ1n) is 10.5. The molecule has 1 fully saturated rings. The molecule has 6 N–H and O–H groups in total. The molecule has 0 spiro atoms. The molecule has 0 radical (unpaired) electrons. The highest BCUT2D eigenvalue weighted by Gasteiger charge is 2.47. The second kappa shape index (κ2) is 11.8. The number of aryl methyl sites for hydroxylation is 2. The quantitative estimate of drug-likeness (QED) is 0.254. The first-order valence-corrected chi connectivity index (χ1v) is 10.5. The molecule has 1 aromatic rings. The molecule has 0 amide bonds. The van der Waals surface area contributed by atoms with Gasteiger partial charge in [-0.1, -0.05) is 44.2 Å². The number of unbranched alkanes of at least 4 members (excludes halogenated alkanes) is 5. The van der Waals surface area contributed by atoms with Crippen LogP contribution in [-0.2, 0) is 13.0 Å². The van der Waals surface area contributed by atoms with Gasteiger partial charge >= 0.3 is 0 Å². The maximum Gasteiger partial charge on any atom is 0.111 e. The number of hydrogen-bond acceptors (Lipinski definition) is 8. The first kappa shape index (κ1) is 23.2. The lowest BCUT2D eigenvalue weighted by molar-refractivity contribution is -0.190. The highest BCUT2D eigenvalue weighted by Crippen LogP contribution is 2.21. The van der Waals surface area contributed by atoms with E-state index in [1.54, 1.807) is 0 Å². The van der Waals surface area contributed by atoms with Gasteiger partial charge in [-0.3, -0.25) is 4.68 Å². The number of hydrogen-bond donors (Lipinski definition) is 6. The van der Waals surface area contributed by atoms with Crippen molar-refractivity contribution >= 4 is 0 Å². The summed E-state index contributed by atoms with van der Waals surface area (Å²) < 4.78 is 1.87. The maximum atomic E-state index is 10.00. The maximum absolute atomic E-state index is 10.00. The highest BCUT2D eigenvalue weighted by atomic mass is 16.4. The summed E-state index contributed by atoms with van der Waals surface area (Å²) in [6.07, 6.45) is 3.47. The largest absolute Gasteiger partial charge is 0.389 e. The number of aromatic nitrogens is 3. The first-order chi connectivity index (χ1) is 13.5. The van der Waals surface area contributed by atoms with Crippen molar-refractivity contribution in [2.75, 3.05) is 6.54 Å². The van der Waals surface area contributed by atoms with Crippen molar-refractivity contribution in [2.24, 2.45) is 0 Å². The number of rotatable bonds is 12. The Hall–Kier alpha value is -1.10. The molecular formula is C19H36N4O5. The molecule has 1 aromatic heterocycles. The smallest absolute Gasteiger partial charge is 0.111 e. The summed E-state index contributed by atoms with van der Waals surface area (Å²) in [7, 11) is 0. The molecule has 0 aliphatic heterocycles. The van der Waals surface area contributed by atoms with Gasteiger partial charge in [0.1, 0.15) is 30.5 Å². The van der Waals surface area contributed by atoms with E-state index in [9.17, 15) is 25.5 Å². The van der Waals surface area contributed by atoms with Gasteiger partial charge in [0.25, 0.3) is 0 Å². The average Bonchev–Trinajstić information content (AvgIpc) is 3.14. The van der Waals surface area contributed by atoms with E-state index in [1.165, 1.54) is 32.1 Å². The second-order valence-electron chi connectivity index (χ2n) is 7.78. The van der Waals surface area contributed by atoms with Crippen LogP contribution in [0.25, 0.3) is 0 Å². The predicted molar refractivity (Wildman–Crippen MR) is 104 cm³/mol. The molecule has 1 aliphatic rings. The molecule has 0 saturated heterocycles. The molecule has 28 heavy (non-hydrogen) atoms. The van der Waals surface area contributed by atoms with Crippen molar-refractivity contribution in [3.8, 4) is 0 Å². The Morgan fingerprint density at radius 1 is 0.857 bits per heavy atom. The molecule has 0 bridgehead atoms. The van der Waals surface area contributed by atoms with E-state index in [1.807, 2.05) is 10.9 Å².